The van der Waals surface area contributed by atoms with Crippen molar-refractivity contribution < 1.29 is 5.11 Å². The highest BCUT2D eigenvalue weighted by atomic mass is 31.0. The summed E-state index contributed by atoms with van der Waals surface area (Å²) in [4.78, 5) is 0. The lowest BCUT2D eigenvalue weighted by atomic mass is 10.2. The van der Waals surface area contributed by atoms with E-state index in [1.807, 2.05) is 0 Å². The number of piperazine rings is 1. The van der Waals surface area contributed by atoms with Crippen LogP contribution < -0.4 is 5.32 Å². The molecule has 0 amide bonds. The van der Waals surface area contributed by atoms with E-state index in [0.29, 0.717) is 0 Å². The molecule has 2 unspecified atom stereocenters. The van der Waals surface area contributed by atoms with Gasteiger partial charge in [0.05, 0.1) is 6.61 Å². The molecule has 1 saturated heterocycles. The molecule has 0 radical (unpaired) electrons. The number of aliphatic hydroxyl groups excluding tert-OH is 1. The van der Waals surface area contributed by atoms with Gasteiger partial charge in [0.2, 0.25) is 0 Å². The molecule has 2 atom stereocenters. The van der Waals surface area contributed by atoms with Crippen molar-refractivity contribution in [2.75, 3.05) is 26.2 Å². The number of hydrogen-bond acceptors (Lipinski definition) is 3. The molecule has 1 heterocycles. The molecule has 1 fully saturated rings. The van der Waals surface area contributed by atoms with Gasteiger partial charge < -0.3 is 10.4 Å². The first kappa shape index (κ1) is 7.42. The van der Waals surface area contributed by atoms with Crippen molar-refractivity contribution in [3.63, 3.8) is 0 Å². The van der Waals surface area contributed by atoms with E-state index in [-0.39, 0.29) is 12.6 Å². The van der Waals surface area contributed by atoms with Crippen LogP contribution in [0.5, 0.6) is 0 Å². The summed E-state index contributed by atoms with van der Waals surface area (Å²) < 4.78 is 2.14. The molecule has 3 nitrogen and oxygen atoms in total. The van der Waals surface area contributed by atoms with Crippen LogP contribution >= 0.6 is 9.39 Å². The largest absolute Gasteiger partial charge is 0.395 e. The highest BCUT2D eigenvalue weighted by Crippen LogP contribution is 2.02. The van der Waals surface area contributed by atoms with E-state index in [1.54, 1.807) is 0 Å². The van der Waals surface area contributed by atoms with Crippen molar-refractivity contribution in [1.29, 1.82) is 0 Å². The van der Waals surface area contributed by atoms with Crippen molar-refractivity contribution in [2.45, 2.75) is 6.04 Å². The number of nitrogens with zero attached hydrogens (tertiary/aromatic N) is 1. The molecule has 1 rings (SSSR count). The lowest BCUT2D eigenvalue weighted by molar-refractivity contribution is 0.201. The average Bonchev–Trinajstić information content (AvgIpc) is 1.88. The second-order valence-corrected chi connectivity index (χ2v) is 3.06. The van der Waals surface area contributed by atoms with Gasteiger partial charge in [-0.25, -0.2) is 0 Å². The molecule has 1 aliphatic heterocycles. The smallest absolute Gasteiger partial charge is 0.0597 e. The maximum atomic E-state index is 8.71. The van der Waals surface area contributed by atoms with Crippen molar-refractivity contribution in [3.8, 4) is 0 Å². The van der Waals surface area contributed by atoms with Gasteiger partial charge in [-0.3, -0.25) is 4.67 Å². The predicted octanol–water partition coefficient (Wildman–Crippen LogP) is -0.957. The first-order chi connectivity index (χ1) is 4.33. The third-order valence-electron chi connectivity index (χ3n) is 1.51. The molecule has 0 aromatic rings. The van der Waals surface area contributed by atoms with Crippen molar-refractivity contribution in [2.24, 2.45) is 0 Å². The number of rotatable bonds is 1. The Morgan fingerprint density at radius 3 is 3.00 bits per heavy atom. The Labute approximate surface area is 57.7 Å². The van der Waals surface area contributed by atoms with E-state index in [0.717, 1.165) is 19.6 Å². The van der Waals surface area contributed by atoms with Gasteiger partial charge in [0.1, 0.15) is 0 Å². The fraction of sp³-hybridized carbons (Fsp3) is 1.00. The molecule has 1 aliphatic rings. The Morgan fingerprint density at radius 1 is 1.78 bits per heavy atom. The summed E-state index contributed by atoms with van der Waals surface area (Å²) >= 11 is 0. The van der Waals surface area contributed by atoms with E-state index in [9.17, 15) is 0 Å². The van der Waals surface area contributed by atoms with Crippen LogP contribution in [0.2, 0.25) is 0 Å². The van der Waals surface area contributed by atoms with Crippen molar-refractivity contribution >= 4 is 9.39 Å². The summed E-state index contributed by atoms with van der Waals surface area (Å²) in [6.45, 7) is 3.21. The minimum Gasteiger partial charge on any atom is -0.395 e. The molecule has 4 heteroatoms. The maximum Gasteiger partial charge on any atom is 0.0597 e. The monoisotopic (exact) mass is 148 g/mol. The van der Waals surface area contributed by atoms with Crippen LogP contribution in [0.1, 0.15) is 0 Å². The van der Waals surface area contributed by atoms with E-state index < -0.39 is 0 Å². The van der Waals surface area contributed by atoms with Crippen LogP contribution in [0.4, 0.5) is 0 Å². The maximum absolute atomic E-state index is 8.71. The summed E-state index contributed by atoms with van der Waals surface area (Å²) in [5.74, 6) is 0. The van der Waals surface area contributed by atoms with Gasteiger partial charge in [-0.2, -0.15) is 0 Å². The van der Waals surface area contributed by atoms with Crippen LogP contribution in [0, 0.1) is 0 Å². The van der Waals surface area contributed by atoms with Gasteiger partial charge in [0.15, 0.2) is 0 Å². The van der Waals surface area contributed by atoms with Crippen molar-refractivity contribution in [3.05, 3.63) is 0 Å². The average molecular weight is 148 g/mol. The lowest BCUT2D eigenvalue weighted by Crippen LogP contribution is -2.48. The Balaban J connectivity index is 2.23. The fourth-order valence-electron chi connectivity index (χ4n) is 0.973. The summed E-state index contributed by atoms with van der Waals surface area (Å²) in [7, 11) is 2.64. The van der Waals surface area contributed by atoms with Crippen LogP contribution in [-0.2, 0) is 0 Å². The van der Waals surface area contributed by atoms with Gasteiger partial charge >= 0.3 is 0 Å². The molecule has 0 spiro atoms. The van der Waals surface area contributed by atoms with Crippen LogP contribution in [0.25, 0.3) is 0 Å². The molecule has 9 heavy (non-hydrogen) atoms. The molecule has 0 aromatic carbocycles. The van der Waals surface area contributed by atoms with Crippen LogP contribution in [0.3, 0.4) is 0 Å². The van der Waals surface area contributed by atoms with Crippen LogP contribution in [0.15, 0.2) is 0 Å². The highest BCUT2D eigenvalue weighted by molar-refractivity contribution is 7.13. The Hall–Kier alpha value is 0.310. The lowest BCUT2D eigenvalue weighted by Gasteiger charge is -2.29. The van der Waals surface area contributed by atoms with Gasteiger partial charge in [-0.05, 0) is 0 Å². The van der Waals surface area contributed by atoms with E-state index in [4.69, 9.17) is 5.11 Å². The van der Waals surface area contributed by atoms with Crippen LogP contribution in [-0.4, -0.2) is 42.1 Å². The third-order valence-corrected chi connectivity index (χ3v) is 1.98. The van der Waals surface area contributed by atoms with Gasteiger partial charge in [0, 0.05) is 25.7 Å². The zero-order valence-corrected chi connectivity index (χ0v) is 6.53. The second kappa shape index (κ2) is 3.47. The Bertz CT molecular complexity index is 91.0. The van der Waals surface area contributed by atoms with Gasteiger partial charge in [0.25, 0.3) is 0 Å². The molecular formula is C5H13N2OP. The molecule has 0 aliphatic carbocycles. The zero-order chi connectivity index (χ0) is 6.69. The molecule has 0 bridgehead atoms. The van der Waals surface area contributed by atoms with E-state index >= 15 is 0 Å². The summed E-state index contributed by atoms with van der Waals surface area (Å²) in [5.41, 5.74) is 0. The minimum atomic E-state index is 0.241. The summed E-state index contributed by atoms with van der Waals surface area (Å²) in [5, 5.41) is 11.9. The first-order valence-corrected chi connectivity index (χ1v) is 3.68. The fourth-order valence-corrected chi connectivity index (χ4v) is 1.36. The molecule has 0 aromatic heterocycles. The Kier molecular flexibility index (Phi) is 2.86. The zero-order valence-electron chi connectivity index (χ0n) is 5.38. The first-order valence-electron chi connectivity index (χ1n) is 3.17. The molecule has 0 saturated carbocycles. The number of hydrogen-bond donors (Lipinski definition) is 2. The summed E-state index contributed by atoms with van der Waals surface area (Å²) in [6, 6.07) is 0.274. The molecule has 54 valence electrons. The second-order valence-electron chi connectivity index (χ2n) is 2.33. The number of aliphatic hydroxyl groups is 1. The third kappa shape index (κ3) is 2.18. The van der Waals surface area contributed by atoms with E-state index in [2.05, 4.69) is 19.4 Å². The highest BCUT2D eigenvalue weighted by Gasteiger charge is 2.14. The topological polar surface area (TPSA) is 35.5 Å². The standard InChI is InChI=1S/C5H13N2OP/c8-4-5-3-7(9)2-1-6-5/h5-6,8H,1-4,9H2. The molecular weight excluding hydrogens is 135 g/mol. The minimum absolute atomic E-state index is 0.241. The van der Waals surface area contributed by atoms with Gasteiger partial charge in [-0.15, -0.1) is 0 Å². The quantitative estimate of drug-likeness (QED) is 0.470. The van der Waals surface area contributed by atoms with Gasteiger partial charge in [-0.1, -0.05) is 9.39 Å². The number of nitrogens with one attached hydrogen (secondary N) is 1. The Morgan fingerprint density at radius 2 is 2.56 bits per heavy atom. The normalized spacial score (nSPS) is 30.7. The predicted molar refractivity (Wildman–Crippen MR) is 40.2 cm³/mol. The van der Waals surface area contributed by atoms with Crippen molar-refractivity contribution in [1.82, 2.24) is 9.99 Å². The van der Waals surface area contributed by atoms with E-state index in [1.165, 1.54) is 0 Å². The SMILES string of the molecule is OCC1CN(P)CCN1. The molecule has 2 N–H and O–H groups in total. The summed E-state index contributed by atoms with van der Waals surface area (Å²) in [6.07, 6.45) is 0.